The van der Waals surface area contributed by atoms with Crippen molar-refractivity contribution < 1.29 is 4.39 Å². The van der Waals surface area contributed by atoms with Gasteiger partial charge in [-0.3, -0.25) is 0 Å². The van der Waals surface area contributed by atoms with Crippen molar-refractivity contribution in [1.29, 1.82) is 0 Å². The number of benzene rings is 2. The molecule has 1 nitrogen and oxygen atoms in total. The Labute approximate surface area is 121 Å². The SMILES string of the molecule is CSc1ccc(-c2[nH]ccc2-c2ccc(F)cc2)cc1. The highest BCUT2D eigenvalue weighted by Gasteiger charge is 2.08. The standard InChI is InChI=1S/C17H14FNS/c1-20-15-8-4-13(5-9-15)17-16(10-11-19-17)12-2-6-14(18)7-3-12/h2-11,19H,1H3. The summed E-state index contributed by atoms with van der Waals surface area (Å²) < 4.78 is 13.0. The van der Waals surface area contributed by atoms with Crippen molar-refractivity contribution in [2.45, 2.75) is 4.90 Å². The zero-order valence-corrected chi connectivity index (χ0v) is 11.9. The van der Waals surface area contributed by atoms with Crippen LogP contribution in [0, 0.1) is 5.82 Å². The zero-order valence-electron chi connectivity index (χ0n) is 11.1. The number of hydrogen-bond acceptors (Lipinski definition) is 1. The van der Waals surface area contributed by atoms with Crippen molar-refractivity contribution in [2.75, 3.05) is 6.26 Å². The van der Waals surface area contributed by atoms with Gasteiger partial charge in [-0.15, -0.1) is 11.8 Å². The van der Waals surface area contributed by atoms with Gasteiger partial charge in [0.05, 0.1) is 5.69 Å². The Morgan fingerprint density at radius 3 is 2.15 bits per heavy atom. The molecule has 3 aromatic rings. The first-order valence-corrected chi connectivity index (χ1v) is 7.58. The second-order valence-electron chi connectivity index (χ2n) is 4.50. The van der Waals surface area contributed by atoms with Gasteiger partial charge in [0.25, 0.3) is 0 Å². The van der Waals surface area contributed by atoms with Gasteiger partial charge in [0, 0.05) is 16.7 Å². The number of nitrogens with one attached hydrogen (secondary N) is 1. The molecule has 100 valence electrons. The highest BCUT2D eigenvalue weighted by molar-refractivity contribution is 7.98. The topological polar surface area (TPSA) is 15.8 Å². The molecule has 1 aromatic heterocycles. The summed E-state index contributed by atoms with van der Waals surface area (Å²) in [5, 5.41) is 0. The van der Waals surface area contributed by atoms with Crippen LogP contribution in [0.3, 0.4) is 0 Å². The summed E-state index contributed by atoms with van der Waals surface area (Å²) >= 11 is 1.73. The molecular weight excluding hydrogens is 269 g/mol. The highest BCUT2D eigenvalue weighted by atomic mass is 32.2. The van der Waals surface area contributed by atoms with Crippen LogP contribution in [0.2, 0.25) is 0 Å². The van der Waals surface area contributed by atoms with Gasteiger partial charge in [0.15, 0.2) is 0 Å². The molecule has 0 radical (unpaired) electrons. The van der Waals surface area contributed by atoms with Gasteiger partial charge < -0.3 is 4.98 Å². The van der Waals surface area contributed by atoms with E-state index in [1.165, 1.54) is 17.0 Å². The van der Waals surface area contributed by atoms with Crippen LogP contribution in [0.1, 0.15) is 0 Å². The lowest BCUT2D eigenvalue weighted by molar-refractivity contribution is 0.628. The summed E-state index contributed by atoms with van der Waals surface area (Å²) in [4.78, 5) is 4.51. The van der Waals surface area contributed by atoms with Crippen molar-refractivity contribution >= 4 is 11.8 Å². The average Bonchev–Trinajstić information content (AvgIpc) is 2.97. The average molecular weight is 283 g/mol. The lowest BCUT2D eigenvalue weighted by Gasteiger charge is -2.06. The molecule has 0 aliphatic carbocycles. The van der Waals surface area contributed by atoms with Crippen molar-refractivity contribution in [2.24, 2.45) is 0 Å². The minimum Gasteiger partial charge on any atom is -0.361 e. The van der Waals surface area contributed by atoms with Crippen LogP contribution in [0.15, 0.2) is 65.7 Å². The summed E-state index contributed by atoms with van der Waals surface area (Å²) in [6.45, 7) is 0. The van der Waals surface area contributed by atoms with E-state index in [1.54, 1.807) is 23.9 Å². The van der Waals surface area contributed by atoms with Crippen LogP contribution in [-0.2, 0) is 0 Å². The van der Waals surface area contributed by atoms with Gasteiger partial charge in [0.1, 0.15) is 5.82 Å². The maximum atomic E-state index is 13.0. The molecular formula is C17H14FNS. The molecule has 0 saturated carbocycles. The predicted molar refractivity (Wildman–Crippen MR) is 83.4 cm³/mol. The lowest BCUT2D eigenvalue weighted by atomic mass is 10.0. The van der Waals surface area contributed by atoms with Crippen LogP contribution < -0.4 is 0 Å². The lowest BCUT2D eigenvalue weighted by Crippen LogP contribution is -1.83. The molecule has 0 bridgehead atoms. The van der Waals surface area contributed by atoms with Crippen LogP contribution >= 0.6 is 11.8 Å². The van der Waals surface area contributed by atoms with Crippen molar-refractivity contribution in [3.8, 4) is 22.4 Å². The number of aromatic amines is 1. The van der Waals surface area contributed by atoms with Gasteiger partial charge in [-0.2, -0.15) is 0 Å². The summed E-state index contributed by atoms with van der Waals surface area (Å²) in [5.41, 5.74) is 4.29. The molecule has 3 heteroatoms. The monoisotopic (exact) mass is 283 g/mol. The van der Waals surface area contributed by atoms with E-state index in [1.807, 2.05) is 12.3 Å². The van der Waals surface area contributed by atoms with E-state index in [-0.39, 0.29) is 5.82 Å². The minimum absolute atomic E-state index is 0.213. The highest BCUT2D eigenvalue weighted by Crippen LogP contribution is 2.31. The van der Waals surface area contributed by atoms with Gasteiger partial charge >= 0.3 is 0 Å². The molecule has 0 aliphatic rings. The fraction of sp³-hybridized carbons (Fsp3) is 0.0588. The maximum absolute atomic E-state index is 13.0. The molecule has 0 atom stereocenters. The van der Waals surface area contributed by atoms with Crippen molar-refractivity contribution in [3.05, 3.63) is 66.6 Å². The maximum Gasteiger partial charge on any atom is 0.123 e. The Morgan fingerprint density at radius 1 is 0.850 bits per heavy atom. The minimum atomic E-state index is -0.213. The number of hydrogen-bond donors (Lipinski definition) is 1. The van der Waals surface area contributed by atoms with Gasteiger partial charge in [0.2, 0.25) is 0 Å². The first-order chi connectivity index (χ1) is 9.78. The van der Waals surface area contributed by atoms with Crippen molar-refractivity contribution in [1.82, 2.24) is 4.98 Å². The summed E-state index contributed by atoms with van der Waals surface area (Å²) in [6.07, 6.45) is 3.98. The normalized spacial score (nSPS) is 10.7. The molecule has 0 fully saturated rings. The quantitative estimate of drug-likeness (QED) is 0.652. The summed E-state index contributed by atoms with van der Waals surface area (Å²) in [6, 6.07) is 17.0. The smallest absolute Gasteiger partial charge is 0.123 e. The van der Waals surface area contributed by atoms with E-state index in [0.29, 0.717) is 0 Å². The van der Waals surface area contributed by atoms with E-state index < -0.39 is 0 Å². The number of aromatic nitrogens is 1. The van der Waals surface area contributed by atoms with Crippen LogP contribution in [0.4, 0.5) is 4.39 Å². The molecule has 0 spiro atoms. The molecule has 0 aliphatic heterocycles. The molecule has 3 rings (SSSR count). The molecule has 1 N–H and O–H groups in total. The number of thioether (sulfide) groups is 1. The second kappa shape index (κ2) is 5.55. The predicted octanol–water partition coefficient (Wildman–Crippen LogP) is 5.21. The molecule has 0 unspecified atom stereocenters. The third-order valence-corrected chi connectivity index (χ3v) is 4.02. The Bertz CT molecular complexity index is 699. The fourth-order valence-electron chi connectivity index (χ4n) is 2.24. The second-order valence-corrected chi connectivity index (χ2v) is 5.38. The number of halogens is 1. The Balaban J connectivity index is 2.02. The van der Waals surface area contributed by atoms with E-state index in [0.717, 1.165) is 22.4 Å². The van der Waals surface area contributed by atoms with Crippen LogP contribution in [-0.4, -0.2) is 11.2 Å². The summed E-state index contributed by atoms with van der Waals surface area (Å²) in [5.74, 6) is -0.213. The molecule has 2 aromatic carbocycles. The van der Waals surface area contributed by atoms with E-state index >= 15 is 0 Å². The number of H-pyrrole nitrogens is 1. The molecule has 1 heterocycles. The third kappa shape index (κ3) is 2.49. The molecule has 0 saturated heterocycles. The van der Waals surface area contributed by atoms with E-state index in [9.17, 15) is 4.39 Å². The Hall–Kier alpha value is -2.00. The number of rotatable bonds is 3. The van der Waals surface area contributed by atoms with Gasteiger partial charge in [-0.1, -0.05) is 24.3 Å². The first kappa shape index (κ1) is 13.0. The van der Waals surface area contributed by atoms with E-state index in [4.69, 9.17) is 0 Å². The van der Waals surface area contributed by atoms with Crippen LogP contribution in [0.5, 0.6) is 0 Å². The third-order valence-electron chi connectivity index (χ3n) is 3.28. The first-order valence-electron chi connectivity index (χ1n) is 6.35. The fourth-order valence-corrected chi connectivity index (χ4v) is 2.64. The zero-order chi connectivity index (χ0) is 13.9. The molecule has 20 heavy (non-hydrogen) atoms. The Kier molecular flexibility index (Phi) is 3.61. The van der Waals surface area contributed by atoms with Gasteiger partial charge in [-0.05, 0) is 47.7 Å². The van der Waals surface area contributed by atoms with E-state index in [2.05, 4.69) is 35.5 Å². The Morgan fingerprint density at radius 2 is 1.50 bits per heavy atom. The molecule has 0 amide bonds. The largest absolute Gasteiger partial charge is 0.361 e. The summed E-state index contributed by atoms with van der Waals surface area (Å²) in [7, 11) is 0. The van der Waals surface area contributed by atoms with Crippen molar-refractivity contribution in [3.63, 3.8) is 0 Å². The van der Waals surface area contributed by atoms with Gasteiger partial charge in [-0.25, -0.2) is 4.39 Å². The van der Waals surface area contributed by atoms with Crippen LogP contribution in [0.25, 0.3) is 22.4 Å².